The zero-order valence-corrected chi connectivity index (χ0v) is 17.6. The maximum atomic E-state index is 12.5. The number of H-pyrrole nitrogens is 1. The van der Waals surface area contributed by atoms with Gasteiger partial charge in [0.1, 0.15) is 0 Å². The van der Waals surface area contributed by atoms with E-state index in [9.17, 15) is 9.59 Å². The molecular formula is C23H30N2O4. The molecule has 156 valence electrons. The van der Waals surface area contributed by atoms with E-state index in [1.165, 1.54) is 0 Å². The molecule has 0 bridgehead atoms. The molecule has 0 unspecified atom stereocenters. The molecule has 2 saturated carbocycles. The van der Waals surface area contributed by atoms with Crippen LogP contribution < -0.4 is 11.2 Å². The van der Waals surface area contributed by atoms with E-state index in [0.29, 0.717) is 24.7 Å². The Bertz CT molecular complexity index is 988. The molecule has 4 atom stereocenters. The maximum absolute atomic E-state index is 12.5. The minimum atomic E-state index is -0.340. The van der Waals surface area contributed by atoms with Crippen molar-refractivity contribution in [3.8, 4) is 0 Å². The van der Waals surface area contributed by atoms with Crippen molar-refractivity contribution in [2.24, 2.45) is 11.3 Å². The summed E-state index contributed by atoms with van der Waals surface area (Å²) in [6.07, 6.45) is 3.44. The standard InChI is InChI=1S/C23H30N2O4/c1-15-12-25(21(27)24-20(15)26)18-10-19(29-22(2,3)4)23(11-17(18)23)14-28-13-16-8-6-5-7-9-16/h5-9,12,17-19H,10-11,13-14H2,1-4H3,(H,24,26,27)/t17-,18+,19+,23+/m1/s1. The Kier molecular flexibility index (Phi) is 5.03. The van der Waals surface area contributed by atoms with E-state index in [2.05, 4.69) is 37.9 Å². The highest BCUT2D eigenvalue weighted by atomic mass is 16.5. The zero-order chi connectivity index (χ0) is 20.8. The average Bonchev–Trinajstić information content (AvgIpc) is 3.30. The first-order chi connectivity index (χ1) is 13.7. The number of nitrogens with zero attached hydrogens (tertiary/aromatic N) is 1. The molecule has 4 rings (SSSR count). The van der Waals surface area contributed by atoms with Crippen LogP contribution in [0.4, 0.5) is 0 Å². The summed E-state index contributed by atoms with van der Waals surface area (Å²) in [4.78, 5) is 26.7. The Morgan fingerprint density at radius 2 is 1.93 bits per heavy atom. The van der Waals surface area contributed by atoms with Crippen molar-refractivity contribution in [2.75, 3.05) is 6.61 Å². The fourth-order valence-corrected chi connectivity index (χ4v) is 4.78. The predicted molar refractivity (Wildman–Crippen MR) is 111 cm³/mol. The fraction of sp³-hybridized carbons (Fsp3) is 0.565. The second-order valence-corrected chi connectivity index (χ2v) is 9.52. The Balaban J connectivity index is 1.55. The van der Waals surface area contributed by atoms with Gasteiger partial charge in [-0.05, 0) is 52.0 Å². The van der Waals surface area contributed by atoms with Crippen molar-refractivity contribution < 1.29 is 9.47 Å². The Morgan fingerprint density at radius 3 is 2.62 bits per heavy atom. The molecular weight excluding hydrogens is 368 g/mol. The van der Waals surface area contributed by atoms with Crippen molar-refractivity contribution in [2.45, 2.75) is 64.9 Å². The first kappa shape index (κ1) is 20.1. The van der Waals surface area contributed by atoms with E-state index in [-0.39, 0.29) is 34.4 Å². The van der Waals surface area contributed by atoms with Crippen LogP contribution in [0.5, 0.6) is 0 Å². The number of nitrogens with one attached hydrogen (secondary N) is 1. The molecule has 0 radical (unpaired) electrons. The molecule has 0 aliphatic heterocycles. The van der Waals surface area contributed by atoms with Gasteiger partial charge in [-0.15, -0.1) is 0 Å². The molecule has 2 aliphatic carbocycles. The number of hydrogen-bond acceptors (Lipinski definition) is 4. The number of aromatic amines is 1. The highest BCUT2D eigenvalue weighted by Crippen LogP contribution is 2.68. The van der Waals surface area contributed by atoms with E-state index in [1.54, 1.807) is 17.7 Å². The molecule has 1 heterocycles. The minimum Gasteiger partial charge on any atom is -0.376 e. The number of ether oxygens (including phenoxy) is 2. The number of aryl methyl sites for hydroxylation is 1. The smallest absolute Gasteiger partial charge is 0.328 e. The van der Waals surface area contributed by atoms with Gasteiger partial charge < -0.3 is 9.47 Å². The summed E-state index contributed by atoms with van der Waals surface area (Å²) in [5.41, 5.74) is 0.696. The van der Waals surface area contributed by atoms with E-state index in [1.807, 2.05) is 18.2 Å². The largest absolute Gasteiger partial charge is 0.376 e. The molecule has 0 spiro atoms. The van der Waals surface area contributed by atoms with Gasteiger partial charge >= 0.3 is 5.69 Å². The molecule has 0 saturated heterocycles. The third-order valence-electron chi connectivity index (χ3n) is 6.22. The van der Waals surface area contributed by atoms with Gasteiger partial charge in [-0.1, -0.05) is 30.3 Å². The van der Waals surface area contributed by atoms with Gasteiger partial charge in [-0.25, -0.2) is 4.79 Å². The molecule has 0 amide bonds. The van der Waals surface area contributed by atoms with Gasteiger partial charge in [0.05, 0.1) is 24.9 Å². The van der Waals surface area contributed by atoms with E-state index in [0.717, 1.165) is 18.4 Å². The minimum absolute atomic E-state index is 0.0192. The monoisotopic (exact) mass is 398 g/mol. The second-order valence-electron chi connectivity index (χ2n) is 9.52. The predicted octanol–water partition coefficient (Wildman–Crippen LogP) is 3.20. The Labute approximate surface area is 170 Å². The van der Waals surface area contributed by atoms with E-state index in [4.69, 9.17) is 9.47 Å². The van der Waals surface area contributed by atoms with Gasteiger partial charge in [0, 0.05) is 23.2 Å². The molecule has 1 aromatic carbocycles. The summed E-state index contributed by atoms with van der Waals surface area (Å²) < 4.78 is 14.3. The maximum Gasteiger partial charge on any atom is 0.328 e. The van der Waals surface area contributed by atoms with Crippen LogP contribution in [0.15, 0.2) is 46.1 Å². The summed E-state index contributed by atoms with van der Waals surface area (Å²) in [6, 6.07) is 10.2. The van der Waals surface area contributed by atoms with E-state index >= 15 is 0 Å². The average molecular weight is 399 g/mol. The van der Waals surface area contributed by atoms with Crippen LogP contribution in [0.3, 0.4) is 0 Å². The van der Waals surface area contributed by atoms with Crippen LogP contribution in [-0.4, -0.2) is 27.9 Å². The quantitative estimate of drug-likeness (QED) is 0.811. The third kappa shape index (κ3) is 3.96. The molecule has 6 heteroatoms. The molecule has 1 N–H and O–H groups in total. The number of fused-ring (bicyclic) bond motifs is 1. The lowest BCUT2D eigenvalue weighted by Crippen LogP contribution is -2.36. The summed E-state index contributed by atoms with van der Waals surface area (Å²) in [5, 5.41) is 0. The number of aromatic nitrogens is 2. The molecule has 2 fully saturated rings. The zero-order valence-electron chi connectivity index (χ0n) is 17.6. The summed E-state index contributed by atoms with van der Waals surface area (Å²) in [6.45, 7) is 9.10. The number of benzene rings is 1. The lowest BCUT2D eigenvalue weighted by atomic mass is 10.00. The lowest BCUT2D eigenvalue weighted by molar-refractivity contribution is -0.104. The first-order valence-electron chi connectivity index (χ1n) is 10.3. The lowest BCUT2D eigenvalue weighted by Gasteiger charge is -2.31. The topological polar surface area (TPSA) is 73.3 Å². The second kappa shape index (κ2) is 7.26. The van der Waals surface area contributed by atoms with E-state index < -0.39 is 0 Å². The highest BCUT2D eigenvalue weighted by Gasteiger charge is 2.68. The normalized spacial score (nSPS) is 28.3. The van der Waals surface area contributed by atoms with Crippen LogP contribution in [0, 0.1) is 18.3 Å². The number of hydrogen-bond donors (Lipinski definition) is 1. The van der Waals surface area contributed by atoms with Crippen molar-refractivity contribution in [3.05, 3.63) is 68.5 Å². The van der Waals surface area contributed by atoms with Crippen molar-refractivity contribution in [1.29, 1.82) is 0 Å². The van der Waals surface area contributed by atoms with Crippen LogP contribution >= 0.6 is 0 Å². The fourth-order valence-electron chi connectivity index (χ4n) is 4.78. The van der Waals surface area contributed by atoms with Crippen LogP contribution in [0.2, 0.25) is 0 Å². The molecule has 1 aromatic heterocycles. The van der Waals surface area contributed by atoms with Crippen molar-refractivity contribution in [1.82, 2.24) is 9.55 Å². The molecule has 29 heavy (non-hydrogen) atoms. The molecule has 2 aliphatic rings. The molecule has 6 nitrogen and oxygen atoms in total. The van der Waals surface area contributed by atoms with Gasteiger partial charge in [0.25, 0.3) is 5.56 Å². The highest BCUT2D eigenvalue weighted by molar-refractivity contribution is 5.19. The van der Waals surface area contributed by atoms with Gasteiger partial charge in [-0.2, -0.15) is 0 Å². The summed E-state index contributed by atoms with van der Waals surface area (Å²) in [7, 11) is 0. The third-order valence-corrected chi connectivity index (χ3v) is 6.22. The first-order valence-corrected chi connectivity index (χ1v) is 10.3. The number of rotatable bonds is 6. The Hall–Kier alpha value is -2.18. The molecule has 2 aromatic rings. The van der Waals surface area contributed by atoms with Crippen LogP contribution in [0.1, 0.15) is 50.8 Å². The van der Waals surface area contributed by atoms with Crippen molar-refractivity contribution in [3.63, 3.8) is 0 Å². The van der Waals surface area contributed by atoms with Gasteiger partial charge in [0.2, 0.25) is 0 Å². The van der Waals surface area contributed by atoms with Crippen LogP contribution in [-0.2, 0) is 16.1 Å². The van der Waals surface area contributed by atoms with Gasteiger partial charge in [0.15, 0.2) is 0 Å². The summed E-state index contributed by atoms with van der Waals surface area (Å²) >= 11 is 0. The Morgan fingerprint density at radius 1 is 1.21 bits per heavy atom. The summed E-state index contributed by atoms with van der Waals surface area (Å²) in [5.74, 6) is 0.314. The SMILES string of the molecule is Cc1cn([C@H]2C[C@H](OC(C)(C)C)[C@]3(COCc4ccccc4)C[C@H]23)c(=O)[nH]c1=O. The van der Waals surface area contributed by atoms with Gasteiger partial charge in [-0.3, -0.25) is 14.3 Å². The van der Waals surface area contributed by atoms with Crippen molar-refractivity contribution >= 4 is 0 Å². The van der Waals surface area contributed by atoms with Crippen LogP contribution in [0.25, 0.3) is 0 Å².